The van der Waals surface area contributed by atoms with Gasteiger partial charge in [0.05, 0.1) is 6.42 Å². The van der Waals surface area contributed by atoms with Gasteiger partial charge in [-0.05, 0) is 72.1 Å². The molecule has 0 saturated heterocycles. The fourth-order valence-corrected chi connectivity index (χ4v) is 3.40. The van der Waals surface area contributed by atoms with E-state index in [1.807, 2.05) is 39.8 Å². The van der Waals surface area contributed by atoms with E-state index in [1.54, 1.807) is 33.8 Å². The van der Waals surface area contributed by atoms with Crippen LogP contribution >= 0.6 is 0 Å². The van der Waals surface area contributed by atoms with E-state index in [2.05, 4.69) is 10.6 Å². The first-order chi connectivity index (χ1) is 15.2. The molecule has 4 amide bonds. The SMILES string of the molecule is CCN(C(=O)C(CC(N)=O)NC(=O)OC(C)(C)C)C(C(=O)NC(C)C)c1cccc(C)c1C. The summed E-state index contributed by atoms with van der Waals surface area (Å²) in [6.45, 7) is 14.4. The molecule has 33 heavy (non-hydrogen) atoms. The summed E-state index contributed by atoms with van der Waals surface area (Å²) in [5.74, 6) is -1.73. The highest BCUT2D eigenvalue weighted by Crippen LogP contribution is 2.27. The minimum atomic E-state index is -1.28. The van der Waals surface area contributed by atoms with Crippen LogP contribution in [-0.4, -0.2) is 52.9 Å². The quantitative estimate of drug-likeness (QED) is 0.519. The standard InChI is InChI=1S/C24H38N4O5/c1-9-28(22(31)18(13-19(25)29)27-23(32)33-24(6,7)8)20(21(30)26-14(2)3)17-12-10-11-15(4)16(17)5/h10-12,14,18,20H,9,13H2,1-8H3,(H2,25,29)(H,26,30)(H,27,32). The third-order valence-electron chi connectivity index (χ3n) is 4.95. The van der Waals surface area contributed by atoms with Gasteiger partial charge < -0.3 is 26.0 Å². The van der Waals surface area contributed by atoms with Crippen LogP contribution in [0.5, 0.6) is 0 Å². The van der Waals surface area contributed by atoms with Crippen LogP contribution in [0.3, 0.4) is 0 Å². The van der Waals surface area contributed by atoms with E-state index in [1.165, 1.54) is 4.90 Å². The van der Waals surface area contributed by atoms with Crippen LogP contribution in [0, 0.1) is 13.8 Å². The molecule has 0 aliphatic heterocycles. The van der Waals surface area contributed by atoms with E-state index in [-0.39, 0.29) is 18.5 Å². The number of hydrogen-bond acceptors (Lipinski definition) is 5. The summed E-state index contributed by atoms with van der Waals surface area (Å²) >= 11 is 0. The minimum absolute atomic E-state index is 0.153. The number of nitrogens with two attached hydrogens (primary N) is 1. The number of carbonyl (C=O) groups excluding carboxylic acids is 4. The van der Waals surface area contributed by atoms with Gasteiger partial charge in [0.2, 0.25) is 17.7 Å². The number of alkyl carbamates (subject to hydrolysis) is 1. The summed E-state index contributed by atoms with van der Waals surface area (Å²) in [5.41, 5.74) is 7.06. The van der Waals surface area contributed by atoms with E-state index in [9.17, 15) is 19.2 Å². The lowest BCUT2D eigenvalue weighted by Crippen LogP contribution is -2.54. The molecule has 2 atom stereocenters. The normalized spacial score (nSPS) is 13.1. The maximum absolute atomic E-state index is 13.6. The number of ether oxygens (including phenoxy) is 1. The van der Waals surface area contributed by atoms with Crippen LogP contribution in [-0.2, 0) is 19.1 Å². The fourth-order valence-electron chi connectivity index (χ4n) is 3.40. The molecular formula is C24H38N4O5. The largest absolute Gasteiger partial charge is 0.444 e. The van der Waals surface area contributed by atoms with Gasteiger partial charge in [0, 0.05) is 12.6 Å². The van der Waals surface area contributed by atoms with Crippen LogP contribution in [0.25, 0.3) is 0 Å². The van der Waals surface area contributed by atoms with Gasteiger partial charge in [-0.25, -0.2) is 4.79 Å². The van der Waals surface area contributed by atoms with E-state index in [0.717, 1.165) is 11.1 Å². The van der Waals surface area contributed by atoms with Crippen molar-refractivity contribution >= 4 is 23.8 Å². The predicted octanol–water partition coefficient (Wildman–Crippen LogP) is 2.49. The molecule has 4 N–H and O–H groups in total. The summed E-state index contributed by atoms with van der Waals surface area (Å²) in [4.78, 5) is 52.2. The summed E-state index contributed by atoms with van der Waals surface area (Å²) < 4.78 is 5.24. The van der Waals surface area contributed by atoms with Gasteiger partial charge in [-0.3, -0.25) is 14.4 Å². The second-order valence-electron chi connectivity index (χ2n) is 9.35. The Morgan fingerprint density at radius 2 is 1.70 bits per heavy atom. The molecule has 0 aliphatic carbocycles. The number of aryl methyl sites for hydroxylation is 1. The maximum Gasteiger partial charge on any atom is 0.408 e. The third-order valence-corrected chi connectivity index (χ3v) is 4.95. The number of hydrogen-bond donors (Lipinski definition) is 3. The Bertz CT molecular complexity index is 876. The Kier molecular flexibility index (Phi) is 9.88. The zero-order chi connectivity index (χ0) is 25.5. The van der Waals surface area contributed by atoms with Crippen molar-refractivity contribution in [1.29, 1.82) is 0 Å². The molecule has 1 rings (SSSR count). The molecule has 2 unspecified atom stereocenters. The second-order valence-corrected chi connectivity index (χ2v) is 9.35. The number of amides is 4. The van der Waals surface area contributed by atoms with Crippen molar-refractivity contribution in [3.8, 4) is 0 Å². The average Bonchev–Trinajstić information content (AvgIpc) is 2.65. The average molecular weight is 463 g/mol. The van der Waals surface area contributed by atoms with Crippen LogP contribution in [0.1, 0.15) is 70.7 Å². The van der Waals surface area contributed by atoms with E-state index in [4.69, 9.17) is 10.5 Å². The van der Waals surface area contributed by atoms with Crippen molar-refractivity contribution < 1.29 is 23.9 Å². The van der Waals surface area contributed by atoms with Gasteiger partial charge in [0.15, 0.2) is 0 Å². The lowest BCUT2D eigenvalue weighted by Gasteiger charge is -2.34. The lowest BCUT2D eigenvalue weighted by molar-refractivity contribution is -0.143. The predicted molar refractivity (Wildman–Crippen MR) is 126 cm³/mol. The molecule has 184 valence electrons. The van der Waals surface area contributed by atoms with Gasteiger partial charge >= 0.3 is 6.09 Å². The fraction of sp³-hybridized carbons (Fsp3) is 0.583. The van der Waals surface area contributed by atoms with Gasteiger partial charge in [-0.1, -0.05) is 18.2 Å². The number of benzene rings is 1. The van der Waals surface area contributed by atoms with Gasteiger partial charge in [0.25, 0.3) is 0 Å². The van der Waals surface area contributed by atoms with Crippen LogP contribution < -0.4 is 16.4 Å². The zero-order valence-corrected chi connectivity index (χ0v) is 20.9. The number of likely N-dealkylation sites (N-methyl/N-ethyl adjacent to an activating group) is 1. The van der Waals surface area contributed by atoms with Crippen molar-refractivity contribution in [2.45, 2.75) is 85.5 Å². The van der Waals surface area contributed by atoms with Crippen LogP contribution in [0.2, 0.25) is 0 Å². The van der Waals surface area contributed by atoms with Crippen LogP contribution in [0.15, 0.2) is 18.2 Å². The van der Waals surface area contributed by atoms with Crippen molar-refractivity contribution in [1.82, 2.24) is 15.5 Å². The smallest absolute Gasteiger partial charge is 0.408 e. The van der Waals surface area contributed by atoms with Crippen molar-refractivity contribution in [2.75, 3.05) is 6.54 Å². The van der Waals surface area contributed by atoms with Gasteiger partial charge in [-0.15, -0.1) is 0 Å². The van der Waals surface area contributed by atoms with Crippen molar-refractivity contribution in [3.05, 3.63) is 34.9 Å². The van der Waals surface area contributed by atoms with Crippen molar-refractivity contribution in [3.63, 3.8) is 0 Å². The molecule has 9 heteroatoms. The van der Waals surface area contributed by atoms with Gasteiger partial charge in [0.1, 0.15) is 17.7 Å². The zero-order valence-electron chi connectivity index (χ0n) is 20.9. The molecular weight excluding hydrogens is 424 g/mol. The van der Waals surface area contributed by atoms with Gasteiger partial charge in [-0.2, -0.15) is 0 Å². The molecule has 9 nitrogen and oxygen atoms in total. The molecule has 0 bridgehead atoms. The third kappa shape index (κ3) is 8.40. The molecule has 0 saturated carbocycles. The molecule has 0 heterocycles. The highest BCUT2D eigenvalue weighted by molar-refractivity contribution is 5.94. The van der Waals surface area contributed by atoms with Crippen LogP contribution in [0.4, 0.5) is 4.79 Å². The molecule has 0 radical (unpaired) electrons. The van der Waals surface area contributed by atoms with E-state index >= 15 is 0 Å². The first-order valence-corrected chi connectivity index (χ1v) is 11.1. The summed E-state index contributed by atoms with van der Waals surface area (Å²) in [5, 5.41) is 5.32. The maximum atomic E-state index is 13.6. The monoisotopic (exact) mass is 462 g/mol. The topological polar surface area (TPSA) is 131 Å². The van der Waals surface area contributed by atoms with Crippen molar-refractivity contribution in [2.24, 2.45) is 5.73 Å². The number of carbonyl (C=O) groups is 4. The first kappa shape index (κ1) is 27.9. The number of primary amides is 1. The second kappa shape index (κ2) is 11.7. The molecule has 0 fully saturated rings. The lowest BCUT2D eigenvalue weighted by atomic mass is 9.94. The highest BCUT2D eigenvalue weighted by Gasteiger charge is 2.37. The summed E-state index contributed by atoms with van der Waals surface area (Å²) in [7, 11) is 0. The Morgan fingerprint density at radius 3 is 2.18 bits per heavy atom. The first-order valence-electron chi connectivity index (χ1n) is 11.1. The molecule has 0 aromatic heterocycles. The summed E-state index contributed by atoms with van der Waals surface area (Å²) in [6.07, 6.45) is -1.28. The Labute approximate surface area is 196 Å². The Hall–Kier alpha value is -3.10. The molecule has 0 aliphatic rings. The summed E-state index contributed by atoms with van der Waals surface area (Å²) in [6, 6.07) is 3.16. The Balaban J connectivity index is 3.44. The van der Waals surface area contributed by atoms with E-state index < -0.39 is 42.0 Å². The van der Waals surface area contributed by atoms with E-state index in [0.29, 0.717) is 5.56 Å². The molecule has 1 aromatic carbocycles. The molecule has 1 aromatic rings. The number of nitrogens with zero attached hydrogens (tertiary/aromatic N) is 1. The number of nitrogens with one attached hydrogen (secondary N) is 2. The Morgan fingerprint density at radius 1 is 1.09 bits per heavy atom. The number of rotatable bonds is 9. The minimum Gasteiger partial charge on any atom is -0.444 e. The molecule has 0 spiro atoms. The highest BCUT2D eigenvalue weighted by atomic mass is 16.6.